The molecule has 3 nitrogen and oxygen atoms in total. The fourth-order valence-electron chi connectivity index (χ4n) is 1.17. The summed E-state index contributed by atoms with van der Waals surface area (Å²) in [5, 5.41) is 3.43. The summed E-state index contributed by atoms with van der Waals surface area (Å²) in [4.78, 5) is 11.1. The van der Waals surface area contributed by atoms with Crippen molar-refractivity contribution in [1.82, 2.24) is 9.78 Å². The number of carbonyl (C=O) groups is 1. The molecule has 0 aliphatic carbocycles. The fraction of sp³-hybridized carbons (Fsp3) is 0.500. The molecule has 0 saturated heterocycles. The van der Waals surface area contributed by atoms with E-state index < -0.39 is 17.7 Å². The van der Waals surface area contributed by atoms with Gasteiger partial charge in [-0.05, 0) is 0 Å². The number of halogens is 3. The summed E-state index contributed by atoms with van der Waals surface area (Å²) in [6.45, 7) is 1.51. The number of rotatable bonds is 2. The lowest BCUT2D eigenvalue weighted by atomic mass is 10.1. The average Bonchev–Trinajstić information content (AvgIpc) is 2.44. The Kier molecular flexibility index (Phi) is 2.64. The van der Waals surface area contributed by atoms with Crippen molar-refractivity contribution in [3.63, 3.8) is 0 Å². The quantitative estimate of drug-likeness (QED) is 0.694. The van der Waals surface area contributed by atoms with Crippen LogP contribution in [-0.2, 0) is 13.2 Å². The van der Waals surface area contributed by atoms with Crippen LogP contribution in [0.1, 0.15) is 29.4 Å². The summed E-state index contributed by atoms with van der Waals surface area (Å²) < 4.78 is 37.9. The van der Waals surface area contributed by atoms with Crippen LogP contribution < -0.4 is 0 Å². The molecule has 0 atom stereocenters. The van der Waals surface area contributed by atoms with Crippen LogP contribution in [0.15, 0.2) is 6.20 Å². The van der Waals surface area contributed by atoms with Crippen molar-refractivity contribution >= 4 is 5.78 Å². The van der Waals surface area contributed by atoms with Crippen molar-refractivity contribution in [1.29, 1.82) is 0 Å². The van der Waals surface area contributed by atoms with Gasteiger partial charge in [-0.3, -0.25) is 9.48 Å². The number of carbonyl (C=O) groups excluding carboxylic acids is 1. The van der Waals surface area contributed by atoms with Gasteiger partial charge in [0.05, 0.1) is 11.8 Å². The lowest BCUT2D eigenvalue weighted by Crippen LogP contribution is -2.16. The molecule has 0 aromatic carbocycles. The molecule has 0 N–H and O–H groups in total. The first kappa shape index (κ1) is 10.7. The highest BCUT2D eigenvalue weighted by atomic mass is 19.4. The van der Waals surface area contributed by atoms with Crippen LogP contribution in [0.5, 0.6) is 0 Å². The Labute approximate surface area is 78.5 Å². The van der Waals surface area contributed by atoms with Gasteiger partial charge in [-0.15, -0.1) is 0 Å². The zero-order valence-corrected chi connectivity index (χ0v) is 7.72. The van der Waals surface area contributed by atoms with Crippen molar-refractivity contribution in [3.8, 4) is 0 Å². The number of ketones is 1. The third-order valence-electron chi connectivity index (χ3n) is 1.83. The molecular formula is C8H9F3N2O. The molecule has 0 aliphatic heterocycles. The average molecular weight is 206 g/mol. The molecule has 1 aromatic heterocycles. The Morgan fingerprint density at radius 3 is 2.57 bits per heavy atom. The molecule has 1 heterocycles. The maximum atomic E-state index is 12.4. The highest BCUT2D eigenvalue weighted by Crippen LogP contribution is 2.31. The van der Waals surface area contributed by atoms with Crippen molar-refractivity contribution in [2.45, 2.75) is 19.5 Å². The van der Waals surface area contributed by atoms with E-state index in [-0.39, 0.29) is 12.0 Å². The minimum Gasteiger partial charge on any atom is -0.294 e. The molecular weight excluding hydrogens is 197 g/mol. The molecule has 0 fully saturated rings. The second-order valence-corrected chi connectivity index (χ2v) is 2.80. The van der Waals surface area contributed by atoms with Gasteiger partial charge in [0, 0.05) is 13.5 Å². The zero-order chi connectivity index (χ0) is 10.9. The Morgan fingerprint density at radius 1 is 1.57 bits per heavy atom. The number of aryl methyl sites for hydroxylation is 1. The molecule has 0 bridgehead atoms. The zero-order valence-electron chi connectivity index (χ0n) is 7.72. The highest BCUT2D eigenvalue weighted by molar-refractivity contribution is 5.96. The van der Waals surface area contributed by atoms with E-state index in [1.165, 1.54) is 6.92 Å². The number of hydrogen-bond acceptors (Lipinski definition) is 2. The van der Waals surface area contributed by atoms with Gasteiger partial charge >= 0.3 is 6.18 Å². The van der Waals surface area contributed by atoms with E-state index in [1.54, 1.807) is 0 Å². The molecule has 0 unspecified atom stereocenters. The van der Waals surface area contributed by atoms with E-state index >= 15 is 0 Å². The predicted octanol–water partition coefficient (Wildman–Crippen LogP) is 2.03. The van der Waals surface area contributed by atoms with E-state index in [0.717, 1.165) is 13.2 Å². The first-order valence-electron chi connectivity index (χ1n) is 4.00. The second-order valence-electron chi connectivity index (χ2n) is 2.80. The van der Waals surface area contributed by atoms with Crippen LogP contribution in [0.2, 0.25) is 0 Å². The summed E-state index contributed by atoms with van der Waals surface area (Å²) in [5.41, 5.74) is -1.34. The van der Waals surface area contributed by atoms with Gasteiger partial charge < -0.3 is 0 Å². The van der Waals surface area contributed by atoms with Gasteiger partial charge in [0.2, 0.25) is 0 Å². The van der Waals surface area contributed by atoms with Gasteiger partial charge in [-0.1, -0.05) is 6.92 Å². The molecule has 0 spiro atoms. The number of Topliss-reactive ketones (excluding diaryl/α,β-unsaturated/α-hetero) is 1. The summed E-state index contributed by atoms with van der Waals surface area (Å²) >= 11 is 0. The minimum atomic E-state index is -4.54. The molecule has 0 aliphatic rings. The lowest BCUT2D eigenvalue weighted by molar-refractivity contribution is -0.144. The minimum absolute atomic E-state index is 0.0365. The Morgan fingerprint density at radius 2 is 2.14 bits per heavy atom. The Hall–Kier alpha value is -1.33. The number of alkyl halides is 3. The van der Waals surface area contributed by atoms with Crippen LogP contribution in [0, 0.1) is 0 Å². The maximum absolute atomic E-state index is 12.4. The second kappa shape index (κ2) is 3.43. The third-order valence-corrected chi connectivity index (χ3v) is 1.83. The first-order chi connectivity index (χ1) is 6.38. The Bertz CT molecular complexity index is 354. The van der Waals surface area contributed by atoms with Gasteiger partial charge in [0.25, 0.3) is 0 Å². The normalized spacial score (nSPS) is 11.8. The molecule has 0 saturated carbocycles. The molecule has 1 rings (SSSR count). The topological polar surface area (TPSA) is 34.9 Å². The standard InChI is InChI=1S/C8H9F3N2O/c1-3-6(14)5-4-12-13(2)7(5)8(9,10)11/h4H,3H2,1-2H3. The van der Waals surface area contributed by atoms with Gasteiger partial charge in [0.1, 0.15) is 0 Å². The summed E-state index contributed by atoms with van der Waals surface area (Å²) in [7, 11) is 1.16. The number of hydrogen-bond donors (Lipinski definition) is 0. The van der Waals surface area contributed by atoms with Gasteiger partial charge in [0.15, 0.2) is 11.5 Å². The number of aromatic nitrogens is 2. The van der Waals surface area contributed by atoms with Crippen molar-refractivity contribution in [2.24, 2.45) is 7.05 Å². The van der Waals surface area contributed by atoms with Crippen LogP contribution in [-0.4, -0.2) is 15.6 Å². The molecule has 0 radical (unpaired) electrons. The smallest absolute Gasteiger partial charge is 0.294 e. The maximum Gasteiger partial charge on any atom is 0.433 e. The van der Waals surface area contributed by atoms with E-state index in [4.69, 9.17) is 0 Å². The molecule has 14 heavy (non-hydrogen) atoms. The monoisotopic (exact) mass is 206 g/mol. The lowest BCUT2D eigenvalue weighted by Gasteiger charge is -2.08. The van der Waals surface area contributed by atoms with E-state index in [2.05, 4.69) is 5.10 Å². The summed E-state index contributed by atoms with van der Waals surface area (Å²) in [5.74, 6) is -0.551. The van der Waals surface area contributed by atoms with E-state index in [1.807, 2.05) is 0 Å². The molecule has 1 aromatic rings. The Balaban J connectivity index is 3.27. The SMILES string of the molecule is CCC(=O)c1cnn(C)c1C(F)(F)F. The van der Waals surface area contributed by atoms with Crippen LogP contribution in [0.3, 0.4) is 0 Å². The summed E-state index contributed by atoms with van der Waals surface area (Å²) in [6.07, 6.45) is -3.55. The molecule has 6 heteroatoms. The highest BCUT2D eigenvalue weighted by Gasteiger charge is 2.38. The number of nitrogens with zero attached hydrogens (tertiary/aromatic N) is 2. The van der Waals surface area contributed by atoms with E-state index in [9.17, 15) is 18.0 Å². The van der Waals surface area contributed by atoms with Gasteiger partial charge in [-0.25, -0.2) is 0 Å². The van der Waals surface area contributed by atoms with Crippen LogP contribution in [0.25, 0.3) is 0 Å². The summed E-state index contributed by atoms with van der Waals surface area (Å²) in [6, 6.07) is 0. The van der Waals surface area contributed by atoms with Gasteiger partial charge in [-0.2, -0.15) is 18.3 Å². The van der Waals surface area contributed by atoms with E-state index in [0.29, 0.717) is 4.68 Å². The van der Waals surface area contributed by atoms with Crippen molar-refractivity contribution in [2.75, 3.05) is 0 Å². The first-order valence-corrected chi connectivity index (χ1v) is 4.00. The van der Waals surface area contributed by atoms with Crippen LogP contribution in [0.4, 0.5) is 13.2 Å². The molecule has 0 amide bonds. The van der Waals surface area contributed by atoms with Crippen molar-refractivity contribution < 1.29 is 18.0 Å². The third kappa shape index (κ3) is 1.78. The fourth-order valence-corrected chi connectivity index (χ4v) is 1.17. The van der Waals surface area contributed by atoms with Crippen molar-refractivity contribution in [3.05, 3.63) is 17.5 Å². The van der Waals surface area contributed by atoms with Crippen LogP contribution >= 0.6 is 0 Å². The molecule has 78 valence electrons. The largest absolute Gasteiger partial charge is 0.433 e. The predicted molar refractivity (Wildman–Crippen MR) is 42.8 cm³/mol.